The van der Waals surface area contributed by atoms with E-state index in [1.807, 2.05) is 25.1 Å². The molecule has 1 N–H and O–H groups in total. The zero-order valence-corrected chi connectivity index (χ0v) is 14.2. The van der Waals surface area contributed by atoms with E-state index in [9.17, 15) is 0 Å². The van der Waals surface area contributed by atoms with Crippen molar-refractivity contribution in [2.45, 2.75) is 20.4 Å². The molecule has 0 unspecified atom stereocenters. The summed E-state index contributed by atoms with van der Waals surface area (Å²) >= 11 is 3.49. The lowest BCUT2D eigenvalue weighted by Gasteiger charge is -2.15. The van der Waals surface area contributed by atoms with Crippen LogP contribution in [0.5, 0.6) is 11.5 Å². The number of ether oxygens (including phenoxy) is 2. The third-order valence-corrected chi connectivity index (χ3v) is 3.62. The number of rotatable bonds is 6. The maximum absolute atomic E-state index is 5.52. The first kappa shape index (κ1) is 15.7. The predicted octanol–water partition coefficient (Wildman–Crippen LogP) is 4.78. The zero-order valence-electron chi connectivity index (χ0n) is 12.6. The van der Waals surface area contributed by atoms with Gasteiger partial charge in [-0.25, -0.2) is 0 Å². The average molecular weight is 350 g/mol. The standard InChI is InChI=1S/C17H20BrNO2/c1-4-21-15-7-5-6-13(9-15)11-19-17-12(2)8-14(18)10-16(17)20-3/h5-10,19H,4,11H2,1-3H3. The average Bonchev–Trinajstić information content (AvgIpc) is 2.46. The molecular weight excluding hydrogens is 330 g/mol. The Morgan fingerprint density at radius 3 is 2.71 bits per heavy atom. The van der Waals surface area contributed by atoms with Crippen LogP contribution in [0.4, 0.5) is 5.69 Å². The fraction of sp³-hybridized carbons (Fsp3) is 0.294. The van der Waals surface area contributed by atoms with Crippen molar-refractivity contribution in [2.75, 3.05) is 19.0 Å². The molecule has 3 nitrogen and oxygen atoms in total. The van der Waals surface area contributed by atoms with Crippen molar-refractivity contribution in [3.8, 4) is 11.5 Å². The van der Waals surface area contributed by atoms with E-state index >= 15 is 0 Å². The Balaban J connectivity index is 2.14. The van der Waals surface area contributed by atoms with Gasteiger partial charge in [-0.2, -0.15) is 0 Å². The number of anilines is 1. The van der Waals surface area contributed by atoms with Crippen molar-refractivity contribution in [3.05, 3.63) is 52.0 Å². The van der Waals surface area contributed by atoms with E-state index < -0.39 is 0 Å². The molecule has 0 aliphatic heterocycles. The second-order valence-electron chi connectivity index (χ2n) is 4.73. The normalized spacial score (nSPS) is 10.3. The predicted molar refractivity (Wildman–Crippen MR) is 90.4 cm³/mol. The van der Waals surface area contributed by atoms with E-state index in [1.165, 1.54) is 5.56 Å². The molecule has 2 rings (SSSR count). The van der Waals surface area contributed by atoms with E-state index in [1.54, 1.807) is 7.11 Å². The quantitative estimate of drug-likeness (QED) is 0.814. The summed E-state index contributed by atoms with van der Waals surface area (Å²) in [6.45, 7) is 5.45. The summed E-state index contributed by atoms with van der Waals surface area (Å²) < 4.78 is 12.0. The molecule has 0 aliphatic carbocycles. The molecule has 0 fully saturated rings. The van der Waals surface area contributed by atoms with Gasteiger partial charge in [0.25, 0.3) is 0 Å². The van der Waals surface area contributed by atoms with E-state index in [0.29, 0.717) is 6.61 Å². The van der Waals surface area contributed by atoms with Crippen molar-refractivity contribution in [1.82, 2.24) is 0 Å². The van der Waals surface area contributed by atoms with E-state index in [0.717, 1.165) is 33.8 Å². The minimum Gasteiger partial charge on any atom is -0.495 e. The Labute approximate surface area is 134 Å². The number of nitrogens with one attached hydrogen (secondary N) is 1. The highest BCUT2D eigenvalue weighted by Crippen LogP contribution is 2.32. The molecule has 0 spiro atoms. The number of benzene rings is 2. The van der Waals surface area contributed by atoms with Crippen LogP contribution in [-0.2, 0) is 6.54 Å². The molecule has 0 bridgehead atoms. The highest BCUT2D eigenvalue weighted by atomic mass is 79.9. The van der Waals surface area contributed by atoms with Crippen molar-refractivity contribution >= 4 is 21.6 Å². The molecule has 4 heteroatoms. The van der Waals surface area contributed by atoms with Gasteiger partial charge in [-0.3, -0.25) is 0 Å². The largest absolute Gasteiger partial charge is 0.495 e. The molecule has 2 aromatic rings. The first-order chi connectivity index (χ1) is 10.1. The maximum atomic E-state index is 5.52. The second kappa shape index (κ2) is 7.36. The Morgan fingerprint density at radius 1 is 1.19 bits per heavy atom. The van der Waals surface area contributed by atoms with Gasteiger partial charge in [0.05, 0.1) is 19.4 Å². The van der Waals surface area contributed by atoms with Gasteiger partial charge in [0.1, 0.15) is 11.5 Å². The van der Waals surface area contributed by atoms with Gasteiger partial charge in [-0.05, 0) is 49.2 Å². The molecule has 112 valence electrons. The van der Waals surface area contributed by atoms with E-state index in [-0.39, 0.29) is 0 Å². The lowest BCUT2D eigenvalue weighted by molar-refractivity contribution is 0.340. The molecule has 0 aliphatic rings. The van der Waals surface area contributed by atoms with Crippen LogP contribution in [0.1, 0.15) is 18.1 Å². The summed E-state index contributed by atoms with van der Waals surface area (Å²) in [7, 11) is 1.68. The Hall–Kier alpha value is -1.68. The number of hydrogen-bond acceptors (Lipinski definition) is 3. The smallest absolute Gasteiger partial charge is 0.143 e. The summed E-state index contributed by atoms with van der Waals surface area (Å²) in [5, 5.41) is 3.44. The first-order valence-corrected chi connectivity index (χ1v) is 7.73. The van der Waals surface area contributed by atoms with Gasteiger partial charge >= 0.3 is 0 Å². The van der Waals surface area contributed by atoms with Crippen LogP contribution >= 0.6 is 15.9 Å². The Kier molecular flexibility index (Phi) is 5.51. The summed E-state index contributed by atoms with van der Waals surface area (Å²) in [5.74, 6) is 1.74. The van der Waals surface area contributed by atoms with Crippen LogP contribution in [0.3, 0.4) is 0 Å². The third kappa shape index (κ3) is 4.14. The van der Waals surface area contributed by atoms with Crippen LogP contribution in [-0.4, -0.2) is 13.7 Å². The van der Waals surface area contributed by atoms with Gasteiger partial charge in [-0.15, -0.1) is 0 Å². The Morgan fingerprint density at radius 2 is 2.00 bits per heavy atom. The van der Waals surface area contributed by atoms with Crippen LogP contribution in [0.15, 0.2) is 40.9 Å². The SMILES string of the molecule is CCOc1cccc(CNc2c(C)cc(Br)cc2OC)c1. The van der Waals surface area contributed by atoms with Crippen molar-refractivity contribution < 1.29 is 9.47 Å². The van der Waals surface area contributed by atoms with Crippen LogP contribution < -0.4 is 14.8 Å². The van der Waals surface area contributed by atoms with Crippen molar-refractivity contribution in [3.63, 3.8) is 0 Å². The van der Waals surface area contributed by atoms with Gasteiger partial charge < -0.3 is 14.8 Å². The summed E-state index contributed by atoms with van der Waals surface area (Å²) in [4.78, 5) is 0. The number of methoxy groups -OCH3 is 1. The summed E-state index contributed by atoms with van der Waals surface area (Å²) in [5.41, 5.74) is 3.33. The summed E-state index contributed by atoms with van der Waals surface area (Å²) in [6, 6.07) is 12.1. The molecule has 0 atom stereocenters. The van der Waals surface area contributed by atoms with Gasteiger partial charge in [-0.1, -0.05) is 28.1 Å². The van der Waals surface area contributed by atoms with Gasteiger partial charge in [0.15, 0.2) is 0 Å². The topological polar surface area (TPSA) is 30.5 Å². The van der Waals surface area contributed by atoms with Crippen LogP contribution in [0, 0.1) is 6.92 Å². The molecule has 0 saturated heterocycles. The lowest BCUT2D eigenvalue weighted by Crippen LogP contribution is -2.03. The van der Waals surface area contributed by atoms with Gasteiger partial charge in [0.2, 0.25) is 0 Å². The minimum atomic E-state index is 0.677. The molecule has 0 heterocycles. The van der Waals surface area contributed by atoms with Crippen LogP contribution in [0.25, 0.3) is 0 Å². The molecule has 2 aromatic carbocycles. The molecular formula is C17H20BrNO2. The summed E-state index contributed by atoms with van der Waals surface area (Å²) in [6.07, 6.45) is 0. The van der Waals surface area contributed by atoms with E-state index in [2.05, 4.69) is 46.4 Å². The fourth-order valence-corrected chi connectivity index (χ4v) is 2.75. The Bertz CT molecular complexity index is 614. The van der Waals surface area contributed by atoms with Crippen molar-refractivity contribution in [1.29, 1.82) is 0 Å². The molecule has 21 heavy (non-hydrogen) atoms. The zero-order chi connectivity index (χ0) is 15.2. The van der Waals surface area contributed by atoms with Crippen LogP contribution in [0.2, 0.25) is 0 Å². The minimum absolute atomic E-state index is 0.677. The third-order valence-electron chi connectivity index (χ3n) is 3.16. The highest BCUT2D eigenvalue weighted by molar-refractivity contribution is 9.10. The van der Waals surface area contributed by atoms with E-state index in [4.69, 9.17) is 9.47 Å². The molecule has 0 aromatic heterocycles. The fourth-order valence-electron chi connectivity index (χ4n) is 2.20. The van der Waals surface area contributed by atoms with Crippen molar-refractivity contribution in [2.24, 2.45) is 0 Å². The van der Waals surface area contributed by atoms with Gasteiger partial charge in [0, 0.05) is 11.0 Å². The number of hydrogen-bond donors (Lipinski definition) is 1. The second-order valence-corrected chi connectivity index (χ2v) is 5.65. The maximum Gasteiger partial charge on any atom is 0.143 e. The first-order valence-electron chi connectivity index (χ1n) is 6.93. The number of halogens is 1. The lowest BCUT2D eigenvalue weighted by atomic mass is 10.1. The molecule has 0 saturated carbocycles. The monoisotopic (exact) mass is 349 g/mol. The molecule has 0 radical (unpaired) electrons. The highest BCUT2D eigenvalue weighted by Gasteiger charge is 2.08. The number of aryl methyl sites for hydroxylation is 1. The molecule has 0 amide bonds.